The molecule has 0 spiro atoms. The van der Waals surface area contributed by atoms with Crippen LogP contribution < -0.4 is 17.5 Å². The standard InChI is InChI=1S/C4H4N2O.ClH.Hg/c7-4-5-2-1-3-6-4;;/h1-3H,(H,5,6,7);1H;/q;;+2/p-2. The molecule has 0 bridgehead atoms. The van der Waals surface area contributed by atoms with E-state index in [0.717, 1.165) is 0 Å². The molecule has 44 valence electrons. The van der Waals surface area contributed by atoms with Gasteiger partial charge in [-0.15, -0.1) is 0 Å². The van der Waals surface area contributed by atoms with Gasteiger partial charge < -0.3 is 17.5 Å². The van der Waals surface area contributed by atoms with Crippen LogP contribution in [0.1, 0.15) is 0 Å². The second-order valence-corrected chi connectivity index (χ2v) is 1.03. The topological polar surface area (TPSA) is 48.8 Å². The van der Waals surface area contributed by atoms with Crippen LogP contribution in [0.4, 0.5) is 0 Å². The van der Waals surface area contributed by atoms with E-state index in [0.29, 0.717) is 0 Å². The Labute approximate surface area is 79.4 Å². The van der Waals surface area contributed by atoms with Gasteiger partial charge in [0.25, 0.3) is 0 Å². The Kier molecular flexibility index (Phi) is 8.20. The molecule has 1 aromatic heterocycles. The van der Waals surface area contributed by atoms with E-state index in [1.807, 2.05) is 0 Å². The minimum Gasteiger partial charge on any atom is -1.00 e. The first kappa shape index (κ1) is 11.8. The van der Waals surface area contributed by atoms with Crippen molar-refractivity contribution in [3.05, 3.63) is 18.5 Å². The number of nitrogens with zero attached hydrogens (tertiary/aromatic N) is 2. The predicted molar refractivity (Wildman–Crippen MR) is 21.5 cm³/mol. The monoisotopic (exact) mass is 332 g/mol. The zero-order valence-electron chi connectivity index (χ0n) is 4.62. The summed E-state index contributed by atoms with van der Waals surface area (Å²) in [6.45, 7) is 0. The zero-order valence-corrected chi connectivity index (χ0v) is 10.9. The maximum absolute atomic E-state index is 10.0. The van der Waals surface area contributed by atoms with Crippen molar-refractivity contribution in [1.82, 2.24) is 9.97 Å². The van der Waals surface area contributed by atoms with E-state index in [1.165, 1.54) is 12.4 Å². The molecule has 0 unspecified atom stereocenters. The van der Waals surface area contributed by atoms with E-state index < -0.39 is 6.01 Å². The summed E-state index contributed by atoms with van der Waals surface area (Å²) in [6, 6.07) is 1.17. The van der Waals surface area contributed by atoms with Gasteiger partial charge >= 0.3 is 27.7 Å². The van der Waals surface area contributed by atoms with Crippen molar-refractivity contribution in [1.29, 1.82) is 0 Å². The maximum Gasteiger partial charge on any atom is 2.00 e. The second kappa shape index (κ2) is 6.23. The Bertz CT molecular complexity index is 148. The smallest absolute Gasteiger partial charge is 1.00 e. The quantitative estimate of drug-likeness (QED) is 0.465. The molecule has 0 saturated carbocycles. The average molecular weight is 331 g/mol. The summed E-state index contributed by atoms with van der Waals surface area (Å²) in [5.74, 6) is 0. The summed E-state index contributed by atoms with van der Waals surface area (Å²) in [7, 11) is 0. The summed E-state index contributed by atoms with van der Waals surface area (Å²) in [5, 5.41) is 10.0. The zero-order chi connectivity index (χ0) is 5.11. The summed E-state index contributed by atoms with van der Waals surface area (Å²) < 4.78 is 0. The van der Waals surface area contributed by atoms with Crippen molar-refractivity contribution < 1.29 is 45.2 Å². The maximum atomic E-state index is 10.0. The first-order chi connectivity index (χ1) is 3.39. The number of rotatable bonds is 0. The summed E-state index contributed by atoms with van der Waals surface area (Å²) in [5.41, 5.74) is 0. The Morgan fingerprint density at radius 2 is 1.67 bits per heavy atom. The molecule has 0 atom stereocenters. The van der Waals surface area contributed by atoms with Crippen LogP contribution in [-0.4, -0.2) is 9.97 Å². The minimum atomic E-state index is -0.428. The Hall–Kier alpha value is 0.105. The number of aromatic nitrogens is 2. The van der Waals surface area contributed by atoms with Gasteiger partial charge in [0, 0.05) is 12.4 Å². The van der Waals surface area contributed by atoms with Crippen LogP contribution >= 0.6 is 0 Å². The normalized spacial score (nSPS) is 6.67. The molecule has 0 aliphatic heterocycles. The third-order valence-corrected chi connectivity index (χ3v) is 0.542. The molecule has 3 nitrogen and oxygen atoms in total. The predicted octanol–water partition coefficient (Wildman–Crippen LogP) is -3.45. The number of hydrogen-bond acceptors (Lipinski definition) is 3. The van der Waals surface area contributed by atoms with E-state index in [-0.39, 0.29) is 40.1 Å². The first-order valence-electron chi connectivity index (χ1n) is 1.83. The summed E-state index contributed by atoms with van der Waals surface area (Å²) in [6.07, 6.45) is 2.82. The van der Waals surface area contributed by atoms with Gasteiger partial charge in [0.2, 0.25) is 0 Å². The molecule has 0 amide bonds. The SMILES string of the molecule is [Cl-].[Hg+2].[O-]c1ncccn1. The van der Waals surface area contributed by atoms with Crippen molar-refractivity contribution in [2.24, 2.45) is 0 Å². The van der Waals surface area contributed by atoms with Crippen LogP contribution in [0.15, 0.2) is 18.5 Å². The Morgan fingerprint density at radius 3 is 1.89 bits per heavy atom. The molecule has 0 saturated heterocycles. The molecule has 0 fully saturated rings. The third-order valence-electron chi connectivity index (χ3n) is 0.542. The van der Waals surface area contributed by atoms with Gasteiger partial charge in [-0.2, -0.15) is 0 Å². The van der Waals surface area contributed by atoms with Gasteiger partial charge in [0.15, 0.2) is 0 Å². The Balaban J connectivity index is 0. The van der Waals surface area contributed by atoms with E-state index in [4.69, 9.17) is 0 Å². The second-order valence-electron chi connectivity index (χ2n) is 1.03. The minimum absolute atomic E-state index is 0. The van der Waals surface area contributed by atoms with Crippen LogP contribution in [0.5, 0.6) is 6.01 Å². The fourth-order valence-electron chi connectivity index (χ4n) is 0.285. The fraction of sp³-hybridized carbons (Fsp3) is 0. The van der Waals surface area contributed by atoms with Gasteiger partial charge in [0.05, 0.1) is 6.01 Å². The molecule has 0 aliphatic rings. The van der Waals surface area contributed by atoms with Crippen LogP contribution in [0.25, 0.3) is 0 Å². The van der Waals surface area contributed by atoms with E-state index in [1.54, 1.807) is 6.07 Å². The number of hydrogen-bond donors (Lipinski definition) is 0. The summed E-state index contributed by atoms with van der Waals surface area (Å²) in [4.78, 5) is 6.62. The molecule has 0 radical (unpaired) electrons. The molecule has 1 rings (SSSR count). The molecule has 0 aromatic carbocycles. The van der Waals surface area contributed by atoms with E-state index in [9.17, 15) is 5.11 Å². The van der Waals surface area contributed by atoms with E-state index >= 15 is 0 Å². The first-order valence-corrected chi connectivity index (χ1v) is 1.83. The third kappa shape index (κ3) is 4.60. The average Bonchev–Trinajstić information content (AvgIpc) is 1.69. The molecule has 9 heavy (non-hydrogen) atoms. The van der Waals surface area contributed by atoms with E-state index in [2.05, 4.69) is 9.97 Å². The molecular formula is C4H3ClHgN2O. The van der Waals surface area contributed by atoms with Crippen LogP contribution in [0, 0.1) is 0 Å². The fourth-order valence-corrected chi connectivity index (χ4v) is 0.285. The van der Waals surface area contributed by atoms with Crippen molar-refractivity contribution in [2.75, 3.05) is 0 Å². The van der Waals surface area contributed by atoms with Gasteiger partial charge in [-0.05, 0) is 6.07 Å². The van der Waals surface area contributed by atoms with Gasteiger partial charge in [-0.25, -0.2) is 0 Å². The van der Waals surface area contributed by atoms with Crippen LogP contribution in [0.3, 0.4) is 0 Å². The van der Waals surface area contributed by atoms with Crippen molar-refractivity contribution in [2.45, 2.75) is 0 Å². The Morgan fingerprint density at radius 1 is 1.22 bits per heavy atom. The van der Waals surface area contributed by atoms with Crippen molar-refractivity contribution in [3.8, 4) is 6.01 Å². The van der Waals surface area contributed by atoms with Crippen LogP contribution in [-0.2, 0) is 27.7 Å². The van der Waals surface area contributed by atoms with Gasteiger partial charge in [0.1, 0.15) is 0 Å². The number of halogens is 1. The largest absolute Gasteiger partial charge is 2.00 e. The molecular weight excluding hydrogens is 328 g/mol. The van der Waals surface area contributed by atoms with Gasteiger partial charge in [-0.3, -0.25) is 9.97 Å². The molecule has 1 heterocycles. The van der Waals surface area contributed by atoms with Crippen LogP contribution in [0.2, 0.25) is 0 Å². The molecule has 5 heteroatoms. The summed E-state index contributed by atoms with van der Waals surface area (Å²) >= 11 is 0. The molecule has 0 aliphatic carbocycles. The van der Waals surface area contributed by atoms with Crippen molar-refractivity contribution >= 4 is 0 Å². The van der Waals surface area contributed by atoms with Crippen molar-refractivity contribution in [3.63, 3.8) is 0 Å². The molecule has 0 N–H and O–H groups in total. The molecule has 1 aromatic rings. The van der Waals surface area contributed by atoms with Gasteiger partial charge in [-0.1, -0.05) is 0 Å².